The lowest BCUT2D eigenvalue weighted by atomic mass is 10.1. The van der Waals surface area contributed by atoms with Crippen molar-refractivity contribution < 1.29 is 22.7 Å². The fourth-order valence-electron chi connectivity index (χ4n) is 3.51. The zero-order valence-corrected chi connectivity index (χ0v) is 21.0. The van der Waals surface area contributed by atoms with E-state index >= 15 is 0 Å². The predicted octanol–water partition coefficient (Wildman–Crippen LogP) is 2.98. The number of benzene rings is 2. The highest BCUT2D eigenvalue weighted by Gasteiger charge is 2.32. The number of hydrogen-bond acceptors (Lipinski definition) is 5. The van der Waals surface area contributed by atoms with Crippen molar-refractivity contribution in [3.8, 4) is 5.75 Å². The van der Waals surface area contributed by atoms with Crippen molar-refractivity contribution in [1.82, 2.24) is 10.2 Å². The Morgan fingerprint density at radius 3 is 2.39 bits per heavy atom. The Kier molecular flexibility index (Phi) is 9.13. The lowest BCUT2D eigenvalue weighted by molar-refractivity contribution is -0.140. The first-order valence-corrected chi connectivity index (χ1v) is 12.6. The van der Waals surface area contributed by atoms with Gasteiger partial charge in [-0.15, -0.1) is 0 Å². The molecule has 0 fully saturated rings. The summed E-state index contributed by atoms with van der Waals surface area (Å²) in [5.41, 5.74) is 1.96. The highest BCUT2D eigenvalue weighted by atomic mass is 35.5. The van der Waals surface area contributed by atoms with Crippen molar-refractivity contribution in [3.05, 3.63) is 58.6 Å². The number of hydrogen-bond donors (Lipinski definition) is 1. The van der Waals surface area contributed by atoms with Gasteiger partial charge in [-0.05, 0) is 42.7 Å². The van der Waals surface area contributed by atoms with Crippen LogP contribution in [0.1, 0.15) is 24.5 Å². The number of nitrogens with zero attached hydrogens (tertiary/aromatic N) is 2. The van der Waals surface area contributed by atoms with E-state index in [0.29, 0.717) is 11.4 Å². The SMILES string of the molecule is CCC(C(=O)NC)N(Cc1ccccc1C)C(=O)CN(c1cc(Cl)ccc1OC)S(C)(=O)=O. The number of sulfonamides is 1. The fourth-order valence-corrected chi connectivity index (χ4v) is 4.52. The molecular formula is C23H30ClN3O5S. The highest BCUT2D eigenvalue weighted by molar-refractivity contribution is 7.92. The smallest absolute Gasteiger partial charge is 0.244 e. The van der Waals surface area contributed by atoms with Crippen LogP contribution in [0.4, 0.5) is 5.69 Å². The number of carbonyl (C=O) groups excluding carboxylic acids is 2. The van der Waals surface area contributed by atoms with Crippen molar-refractivity contribution in [2.45, 2.75) is 32.9 Å². The van der Waals surface area contributed by atoms with Gasteiger partial charge in [-0.2, -0.15) is 0 Å². The van der Waals surface area contributed by atoms with E-state index in [2.05, 4.69) is 5.32 Å². The van der Waals surface area contributed by atoms with E-state index in [1.807, 2.05) is 31.2 Å². The first kappa shape index (κ1) is 26.5. The number of carbonyl (C=O) groups is 2. The summed E-state index contributed by atoms with van der Waals surface area (Å²) < 4.78 is 31.6. The summed E-state index contributed by atoms with van der Waals surface area (Å²) in [6, 6.07) is 11.3. The predicted molar refractivity (Wildman–Crippen MR) is 130 cm³/mol. The molecule has 1 N–H and O–H groups in total. The van der Waals surface area contributed by atoms with Gasteiger partial charge in [-0.1, -0.05) is 42.8 Å². The largest absolute Gasteiger partial charge is 0.495 e. The van der Waals surface area contributed by atoms with E-state index in [1.54, 1.807) is 13.0 Å². The molecule has 0 radical (unpaired) electrons. The molecule has 0 aliphatic heterocycles. The van der Waals surface area contributed by atoms with Crippen LogP contribution in [0.2, 0.25) is 5.02 Å². The van der Waals surface area contributed by atoms with Crippen LogP contribution in [0.25, 0.3) is 0 Å². The van der Waals surface area contributed by atoms with Crippen LogP contribution in [0.15, 0.2) is 42.5 Å². The number of rotatable bonds is 10. The van der Waals surface area contributed by atoms with Crippen molar-refractivity contribution in [2.24, 2.45) is 0 Å². The maximum absolute atomic E-state index is 13.6. The van der Waals surface area contributed by atoms with Crippen molar-refractivity contribution in [2.75, 3.05) is 31.3 Å². The summed E-state index contributed by atoms with van der Waals surface area (Å²) in [7, 11) is -0.986. The number of nitrogens with one attached hydrogen (secondary N) is 1. The van der Waals surface area contributed by atoms with E-state index in [9.17, 15) is 18.0 Å². The second kappa shape index (κ2) is 11.4. The number of ether oxygens (including phenoxy) is 1. The van der Waals surface area contributed by atoms with Crippen molar-refractivity contribution >= 4 is 39.1 Å². The quantitative estimate of drug-likeness (QED) is 0.546. The van der Waals surface area contributed by atoms with Gasteiger partial charge in [0.15, 0.2) is 0 Å². The molecule has 0 heterocycles. The molecular weight excluding hydrogens is 466 g/mol. The summed E-state index contributed by atoms with van der Waals surface area (Å²) >= 11 is 6.10. The second-order valence-corrected chi connectivity index (χ2v) is 9.92. The van der Waals surface area contributed by atoms with Gasteiger partial charge in [-0.3, -0.25) is 13.9 Å². The van der Waals surface area contributed by atoms with E-state index < -0.39 is 28.5 Å². The molecule has 10 heteroatoms. The molecule has 0 saturated carbocycles. The number of likely N-dealkylation sites (N-methyl/N-ethyl adjacent to an activating group) is 1. The lowest BCUT2D eigenvalue weighted by Gasteiger charge is -2.33. The molecule has 33 heavy (non-hydrogen) atoms. The van der Waals surface area contributed by atoms with Crippen LogP contribution in [0.5, 0.6) is 5.75 Å². The Hall–Kier alpha value is -2.78. The Balaban J connectivity index is 2.52. The minimum Gasteiger partial charge on any atom is -0.495 e. The summed E-state index contributed by atoms with van der Waals surface area (Å²) in [6.07, 6.45) is 1.36. The summed E-state index contributed by atoms with van der Waals surface area (Å²) in [5.74, 6) is -0.603. The van der Waals surface area contributed by atoms with E-state index in [1.165, 1.54) is 31.2 Å². The fraction of sp³-hybridized carbons (Fsp3) is 0.391. The highest BCUT2D eigenvalue weighted by Crippen LogP contribution is 2.33. The molecule has 0 spiro atoms. The zero-order valence-electron chi connectivity index (χ0n) is 19.5. The molecule has 0 aromatic heterocycles. The molecule has 0 saturated heterocycles. The summed E-state index contributed by atoms with van der Waals surface area (Å²) in [5, 5.41) is 2.88. The van der Waals surface area contributed by atoms with Crippen LogP contribution in [0, 0.1) is 6.92 Å². The van der Waals surface area contributed by atoms with E-state index in [4.69, 9.17) is 16.3 Å². The molecule has 2 aromatic carbocycles. The third-order valence-electron chi connectivity index (χ3n) is 5.32. The third-order valence-corrected chi connectivity index (χ3v) is 6.68. The van der Waals surface area contributed by atoms with Gasteiger partial charge in [0.05, 0.1) is 19.1 Å². The Bertz CT molecular complexity index is 1110. The minimum absolute atomic E-state index is 0.143. The third kappa shape index (κ3) is 6.61. The Morgan fingerprint density at radius 1 is 1.18 bits per heavy atom. The molecule has 1 atom stereocenters. The zero-order chi connectivity index (χ0) is 24.8. The average molecular weight is 496 g/mol. The van der Waals surface area contributed by atoms with Gasteiger partial charge in [-0.25, -0.2) is 8.42 Å². The van der Waals surface area contributed by atoms with Gasteiger partial charge in [0.1, 0.15) is 18.3 Å². The first-order chi connectivity index (χ1) is 15.5. The number of methoxy groups -OCH3 is 1. The van der Waals surface area contributed by atoms with Crippen LogP contribution >= 0.6 is 11.6 Å². The van der Waals surface area contributed by atoms with Crippen LogP contribution in [-0.4, -0.2) is 58.1 Å². The van der Waals surface area contributed by atoms with Crippen molar-refractivity contribution in [1.29, 1.82) is 0 Å². The summed E-state index contributed by atoms with van der Waals surface area (Å²) in [4.78, 5) is 27.6. The second-order valence-electron chi connectivity index (χ2n) is 7.57. The molecule has 0 aliphatic rings. The first-order valence-electron chi connectivity index (χ1n) is 10.4. The molecule has 2 amide bonds. The van der Waals surface area contributed by atoms with Gasteiger partial charge >= 0.3 is 0 Å². The topological polar surface area (TPSA) is 96.0 Å². The molecule has 0 bridgehead atoms. The molecule has 180 valence electrons. The van der Waals surface area contributed by atoms with Crippen molar-refractivity contribution in [3.63, 3.8) is 0 Å². The van der Waals surface area contributed by atoms with Gasteiger partial charge in [0.2, 0.25) is 21.8 Å². The molecule has 0 aliphatic carbocycles. The normalized spacial score (nSPS) is 12.1. The number of anilines is 1. The van der Waals surface area contributed by atoms with E-state index in [-0.39, 0.29) is 23.9 Å². The summed E-state index contributed by atoms with van der Waals surface area (Å²) in [6.45, 7) is 3.35. The maximum atomic E-state index is 13.6. The molecule has 2 rings (SSSR count). The number of aryl methyl sites for hydroxylation is 1. The van der Waals surface area contributed by atoms with E-state index in [0.717, 1.165) is 21.7 Å². The number of amides is 2. The molecule has 2 aromatic rings. The molecule has 1 unspecified atom stereocenters. The lowest BCUT2D eigenvalue weighted by Crippen LogP contribution is -2.51. The minimum atomic E-state index is -3.89. The monoisotopic (exact) mass is 495 g/mol. The van der Waals surface area contributed by atoms with Crippen LogP contribution in [0.3, 0.4) is 0 Å². The van der Waals surface area contributed by atoms with Crippen LogP contribution < -0.4 is 14.4 Å². The van der Waals surface area contributed by atoms with Gasteiger partial charge in [0.25, 0.3) is 0 Å². The Morgan fingerprint density at radius 2 is 1.85 bits per heavy atom. The van der Waals surface area contributed by atoms with Gasteiger partial charge in [0, 0.05) is 18.6 Å². The standard InChI is InChI=1S/C23H30ClN3O5S/c1-6-19(23(29)25-3)26(14-17-10-8-7-9-16(17)2)22(28)15-27(33(5,30)31)20-13-18(24)11-12-21(20)32-4/h7-13,19H,6,14-15H2,1-5H3,(H,25,29). The number of halogens is 1. The Labute approximate surface area is 200 Å². The average Bonchev–Trinajstić information content (AvgIpc) is 2.77. The van der Waals surface area contributed by atoms with Crippen LogP contribution in [-0.2, 0) is 26.2 Å². The maximum Gasteiger partial charge on any atom is 0.244 e. The van der Waals surface area contributed by atoms with Gasteiger partial charge < -0.3 is 15.0 Å². The molecule has 8 nitrogen and oxygen atoms in total.